The van der Waals surface area contributed by atoms with Crippen LogP contribution in [0.4, 0.5) is 0 Å². The largest absolute Gasteiger partial charge is 0.469 e. The van der Waals surface area contributed by atoms with Crippen molar-refractivity contribution in [3.05, 3.63) is 33.8 Å². The number of rotatable bonds is 4. The number of hydrogen-bond donors (Lipinski definition) is 0. The number of aryl methyl sites for hydroxylation is 1. The predicted octanol–water partition coefficient (Wildman–Crippen LogP) is 2.34. The highest BCUT2D eigenvalue weighted by Gasteiger charge is 2.09. The fraction of sp³-hybridized carbons (Fsp3) is 0.333. The van der Waals surface area contributed by atoms with E-state index in [0.29, 0.717) is 12.0 Å². The van der Waals surface area contributed by atoms with E-state index < -0.39 is 5.97 Å². The summed E-state index contributed by atoms with van der Waals surface area (Å²) in [6, 6.07) is 5.24. The molecule has 0 aliphatic heterocycles. The maximum absolute atomic E-state index is 11.4. The van der Waals surface area contributed by atoms with E-state index in [1.807, 2.05) is 6.07 Å². The molecule has 0 spiro atoms. The first-order valence-corrected chi connectivity index (χ1v) is 5.80. The third-order valence-corrected chi connectivity index (χ3v) is 2.68. The van der Waals surface area contributed by atoms with Gasteiger partial charge in [-0.15, -0.1) is 0 Å². The van der Waals surface area contributed by atoms with E-state index in [1.165, 1.54) is 14.2 Å². The van der Waals surface area contributed by atoms with E-state index in [1.54, 1.807) is 12.1 Å². The van der Waals surface area contributed by atoms with Crippen molar-refractivity contribution in [1.82, 2.24) is 0 Å². The molecule has 92 valence electrons. The van der Waals surface area contributed by atoms with Gasteiger partial charge in [0.25, 0.3) is 0 Å². The first-order chi connectivity index (χ1) is 8.06. The van der Waals surface area contributed by atoms with Crippen molar-refractivity contribution in [3.63, 3.8) is 0 Å². The molecular weight excluding hydrogens is 288 g/mol. The van der Waals surface area contributed by atoms with Crippen LogP contribution in [-0.2, 0) is 20.7 Å². The second-order valence-electron chi connectivity index (χ2n) is 3.42. The third kappa shape index (κ3) is 4.19. The molecule has 0 radical (unpaired) electrons. The highest BCUT2D eigenvalue weighted by Crippen LogP contribution is 2.18. The number of carbonyl (C=O) groups is 2. The van der Waals surface area contributed by atoms with Crippen molar-refractivity contribution in [3.8, 4) is 0 Å². The molecule has 0 bridgehead atoms. The summed E-state index contributed by atoms with van der Waals surface area (Å²) in [5, 5.41) is 0. The van der Waals surface area contributed by atoms with Gasteiger partial charge in [0.1, 0.15) is 0 Å². The van der Waals surface area contributed by atoms with Crippen molar-refractivity contribution in [1.29, 1.82) is 0 Å². The molecule has 0 amide bonds. The number of halogens is 1. The molecule has 0 atom stereocenters. The summed E-state index contributed by atoms with van der Waals surface area (Å²) in [6.45, 7) is 0. The summed E-state index contributed by atoms with van der Waals surface area (Å²) < 4.78 is 9.98. The van der Waals surface area contributed by atoms with Crippen LogP contribution < -0.4 is 0 Å². The van der Waals surface area contributed by atoms with E-state index in [9.17, 15) is 9.59 Å². The molecule has 0 N–H and O–H groups in total. The fourth-order valence-electron chi connectivity index (χ4n) is 1.38. The Bertz CT molecular complexity index is 429. The topological polar surface area (TPSA) is 52.6 Å². The van der Waals surface area contributed by atoms with Crippen LogP contribution >= 0.6 is 15.9 Å². The zero-order chi connectivity index (χ0) is 12.8. The number of hydrogen-bond acceptors (Lipinski definition) is 4. The van der Waals surface area contributed by atoms with Gasteiger partial charge < -0.3 is 9.47 Å². The van der Waals surface area contributed by atoms with Gasteiger partial charge in [0.05, 0.1) is 19.8 Å². The maximum Gasteiger partial charge on any atom is 0.337 e. The highest BCUT2D eigenvalue weighted by atomic mass is 79.9. The Morgan fingerprint density at radius 2 is 1.88 bits per heavy atom. The second-order valence-corrected chi connectivity index (χ2v) is 4.33. The monoisotopic (exact) mass is 300 g/mol. The molecule has 0 saturated carbocycles. The van der Waals surface area contributed by atoms with E-state index >= 15 is 0 Å². The molecular formula is C12H13BrO4. The van der Waals surface area contributed by atoms with Crippen LogP contribution in [-0.4, -0.2) is 26.2 Å². The van der Waals surface area contributed by atoms with Gasteiger partial charge in [-0.3, -0.25) is 4.79 Å². The first-order valence-electron chi connectivity index (χ1n) is 5.01. The molecule has 0 aromatic heterocycles. The van der Waals surface area contributed by atoms with Gasteiger partial charge in [0, 0.05) is 10.9 Å². The fourth-order valence-corrected chi connectivity index (χ4v) is 1.92. The molecule has 0 aliphatic rings. The van der Waals surface area contributed by atoms with Crippen LogP contribution in [0.25, 0.3) is 0 Å². The summed E-state index contributed by atoms with van der Waals surface area (Å²) in [5.74, 6) is -0.671. The van der Waals surface area contributed by atoms with Gasteiger partial charge >= 0.3 is 11.9 Å². The Labute approximate surface area is 108 Å². The van der Waals surface area contributed by atoms with Crippen molar-refractivity contribution in [2.75, 3.05) is 14.2 Å². The van der Waals surface area contributed by atoms with Crippen molar-refractivity contribution in [2.24, 2.45) is 0 Å². The van der Waals surface area contributed by atoms with Crippen LogP contribution in [0.5, 0.6) is 0 Å². The SMILES string of the molecule is COC(=O)CCc1cc(Br)cc(C(=O)OC)c1. The van der Waals surface area contributed by atoms with Crippen LogP contribution in [0.15, 0.2) is 22.7 Å². The molecule has 1 aromatic carbocycles. The predicted molar refractivity (Wildman–Crippen MR) is 65.8 cm³/mol. The minimum absolute atomic E-state index is 0.274. The average Bonchev–Trinajstić information content (AvgIpc) is 2.34. The minimum atomic E-state index is -0.398. The van der Waals surface area contributed by atoms with Gasteiger partial charge in [-0.1, -0.05) is 15.9 Å². The number of benzene rings is 1. The summed E-state index contributed by atoms with van der Waals surface area (Å²) in [6.07, 6.45) is 0.809. The van der Waals surface area contributed by atoms with Gasteiger partial charge in [-0.05, 0) is 30.2 Å². The molecule has 1 rings (SSSR count). The Morgan fingerprint density at radius 1 is 1.18 bits per heavy atom. The number of esters is 2. The van der Waals surface area contributed by atoms with Crippen molar-refractivity contribution in [2.45, 2.75) is 12.8 Å². The van der Waals surface area contributed by atoms with Gasteiger partial charge in [-0.25, -0.2) is 4.79 Å². The summed E-state index contributed by atoms with van der Waals surface area (Å²) in [4.78, 5) is 22.4. The second kappa shape index (κ2) is 6.39. The Hall–Kier alpha value is -1.36. The maximum atomic E-state index is 11.4. The Kier molecular flexibility index (Phi) is 5.15. The molecule has 17 heavy (non-hydrogen) atoms. The Balaban J connectivity index is 2.82. The normalized spacial score (nSPS) is 9.82. The number of methoxy groups -OCH3 is 2. The van der Waals surface area contributed by atoms with Crippen LogP contribution in [0, 0.1) is 0 Å². The standard InChI is InChI=1S/C12H13BrO4/c1-16-11(14)4-3-8-5-9(12(15)17-2)7-10(13)6-8/h5-7H,3-4H2,1-2H3. The molecule has 0 fully saturated rings. The lowest BCUT2D eigenvalue weighted by molar-refractivity contribution is -0.140. The van der Waals surface area contributed by atoms with E-state index in [4.69, 9.17) is 0 Å². The minimum Gasteiger partial charge on any atom is -0.469 e. The summed E-state index contributed by atoms with van der Waals surface area (Å²) in [7, 11) is 2.68. The number of ether oxygens (including phenoxy) is 2. The van der Waals surface area contributed by atoms with Crippen molar-refractivity contribution < 1.29 is 19.1 Å². The van der Waals surface area contributed by atoms with Crippen molar-refractivity contribution >= 4 is 27.9 Å². The van der Waals surface area contributed by atoms with E-state index in [0.717, 1.165) is 10.0 Å². The third-order valence-electron chi connectivity index (χ3n) is 2.22. The lowest BCUT2D eigenvalue weighted by atomic mass is 10.1. The summed E-state index contributed by atoms with van der Waals surface area (Å²) >= 11 is 3.31. The summed E-state index contributed by atoms with van der Waals surface area (Å²) in [5.41, 5.74) is 1.34. The molecule has 0 aliphatic carbocycles. The lowest BCUT2D eigenvalue weighted by Crippen LogP contribution is -2.04. The average molecular weight is 301 g/mol. The molecule has 0 heterocycles. The number of carbonyl (C=O) groups excluding carboxylic acids is 2. The van der Waals surface area contributed by atoms with Crippen LogP contribution in [0.1, 0.15) is 22.3 Å². The first kappa shape index (κ1) is 13.7. The lowest BCUT2D eigenvalue weighted by Gasteiger charge is -2.05. The van der Waals surface area contributed by atoms with Gasteiger partial charge in [0.15, 0.2) is 0 Å². The molecule has 1 aromatic rings. The molecule has 0 saturated heterocycles. The van der Waals surface area contributed by atoms with E-state index in [-0.39, 0.29) is 12.4 Å². The van der Waals surface area contributed by atoms with Crippen LogP contribution in [0.3, 0.4) is 0 Å². The van der Waals surface area contributed by atoms with E-state index in [2.05, 4.69) is 25.4 Å². The zero-order valence-corrected chi connectivity index (χ0v) is 11.2. The zero-order valence-electron chi connectivity index (χ0n) is 9.66. The molecule has 4 nitrogen and oxygen atoms in total. The smallest absolute Gasteiger partial charge is 0.337 e. The quantitative estimate of drug-likeness (QED) is 0.801. The Morgan fingerprint density at radius 3 is 2.47 bits per heavy atom. The van der Waals surface area contributed by atoms with Crippen LogP contribution in [0.2, 0.25) is 0 Å². The molecule has 0 unspecified atom stereocenters. The van der Waals surface area contributed by atoms with Gasteiger partial charge in [-0.2, -0.15) is 0 Å². The van der Waals surface area contributed by atoms with Gasteiger partial charge in [0.2, 0.25) is 0 Å². The molecule has 5 heteroatoms. The highest BCUT2D eigenvalue weighted by molar-refractivity contribution is 9.10.